The van der Waals surface area contributed by atoms with E-state index in [0.717, 1.165) is 42.4 Å². The van der Waals surface area contributed by atoms with E-state index in [1.165, 1.54) is 0 Å². The van der Waals surface area contributed by atoms with Crippen LogP contribution in [0.5, 0.6) is 0 Å². The van der Waals surface area contributed by atoms with Crippen molar-refractivity contribution in [1.29, 1.82) is 0 Å². The molecule has 3 aromatic rings. The second kappa shape index (κ2) is 29.2. The molecule has 0 aromatic heterocycles. The van der Waals surface area contributed by atoms with E-state index in [0.29, 0.717) is 99.1 Å². The quantitative estimate of drug-likeness (QED) is 0.0374. The number of carbonyl (C=O) groups excluding carboxylic acids is 1. The van der Waals surface area contributed by atoms with Gasteiger partial charge in [0.1, 0.15) is 12.2 Å². The topological polar surface area (TPSA) is 100 Å². The van der Waals surface area contributed by atoms with Crippen LogP contribution in [-0.4, -0.2) is 112 Å². The third-order valence-electron chi connectivity index (χ3n) is 8.52. The summed E-state index contributed by atoms with van der Waals surface area (Å²) in [5, 5.41) is 0. The second-order valence-electron chi connectivity index (χ2n) is 12.3. The number of esters is 1. The molecule has 0 bridgehead atoms. The molecule has 0 radical (unpaired) electrons. The van der Waals surface area contributed by atoms with Gasteiger partial charge in [-0.25, -0.2) is 0 Å². The van der Waals surface area contributed by atoms with Gasteiger partial charge in [0, 0.05) is 0 Å². The normalized spacial score (nSPS) is 12.2. The van der Waals surface area contributed by atoms with Crippen LogP contribution in [0.15, 0.2) is 91.0 Å². The summed E-state index contributed by atoms with van der Waals surface area (Å²) >= 11 is 0. The first kappa shape index (κ1) is 44.2. The molecule has 0 aliphatic carbocycles. The van der Waals surface area contributed by atoms with Crippen LogP contribution < -0.4 is 0 Å². The maximum Gasteiger partial charge on any atom is 0.308 e. The smallest absolute Gasteiger partial charge is 0.308 e. The van der Waals surface area contributed by atoms with E-state index >= 15 is 0 Å². The maximum atomic E-state index is 12.1. The molecule has 1 unspecified atom stereocenters. The van der Waals surface area contributed by atoms with E-state index in [1.54, 1.807) is 0 Å². The van der Waals surface area contributed by atoms with Crippen LogP contribution in [0.2, 0.25) is 0 Å². The first-order chi connectivity index (χ1) is 26.2. The molecule has 53 heavy (non-hydrogen) atoms. The van der Waals surface area contributed by atoms with Crippen LogP contribution in [-0.2, 0) is 53.0 Å². The molecule has 0 heterocycles. The highest BCUT2D eigenvalue weighted by Gasteiger charge is 2.37. The Morgan fingerprint density at radius 3 is 1.11 bits per heavy atom. The Morgan fingerprint density at radius 2 is 0.792 bits per heavy atom. The molecule has 0 amide bonds. The first-order valence-corrected chi connectivity index (χ1v) is 19.2. The minimum absolute atomic E-state index is 0.00621. The van der Waals surface area contributed by atoms with E-state index in [9.17, 15) is 4.79 Å². The van der Waals surface area contributed by atoms with Crippen molar-refractivity contribution in [2.75, 3.05) is 106 Å². The van der Waals surface area contributed by atoms with E-state index in [-0.39, 0.29) is 18.5 Å². The van der Waals surface area contributed by atoms with Crippen molar-refractivity contribution in [2.45, 2.75) is 45.1 Å². The summed E-state index contributed by atoms with van der Waals surface area (Å²) < 4.78 is 51.2. The lowest BCUT2D eigenvalue weighted by molar-refractivity contribution is -0.150. The zero-order valence-electron chi connectivity index (χ0n) is 32.0. The van der Waals surface area contributed by atoms with Gasteiger partial charge in [0.2, 0.25) is 0 Å². The minimum Gasteiger partial charge on any atom is -0.463 e. The van der Waals surface area contributed by atoms with Gasteiger partial charge in [-0.1, -0.05) is 118 Å². The van der Waals surface area contributed by atoms with Crippen LogP contribution in [0.3, 0.4) is 0 Å². The van der Waals surface area contributed by atoms with Crippen molar-refractivity contribution in [3.05, 3.63) is 108 Å². The van der Waals surface area contributed by atoms with Gasteiger partial charge in [-0.2, -0.15) is 0 Å². The van der Waals surface area contributed by atoms with Crippen molar-refractivity contribution < 1.29 is 47.4 Å². The van der Waals surface area contributed by atoms with Crippen LogP contribution in [0.25, 0.3) is 0 Å². The fourth-order valence-corrected chi connectivity index (χ4v) is 5.70. The third kappa shape index (κ3) is 17.7. The van der Waals surface area contributed by atoms with Gasteiger partial charge in [-0.05, 0) is 29.5 Å². The summed E-state index contributed by atoms with van der Waals surface area (Å²) in [6, 6.07) is 31.0. The van der Waals surface area contributed by atoms with Crippen LogP contribution in [0.4, 0.5) is 0 Å². The highest BCUT2D eigenvalue weighted by Crippen LogP contribution is 2.40. The monoisotopic (exact) mass is 738 g/mol. The van der Waals surface area contributed by atoms with E-state index in [4.69, 9.17) is 42.6 Å². The van der Waals surface area contributed by atoms with E-state index in [2.05, 4.69) is 43.3 Å². The average Bonchev–Trinajstić information content (AvgIpc) is 3.20. The molecule has 10 nitrogen and oxygen atoms in total. The Labute approximate surface area is 317 Å². The Hall–Kier alpha value is -3.19. The molecule has 0 spiro atoms. The molecule has 0 saturated carbocycles. The number of carbonyl (C=O) groups is 1. The molecule has 294 valence electrons. The fourth-order valence-electron chi connectivity index (χ4n) is 5.70. The highest BCUT2D eigenvalue weighted by atomic mass is 16.6. The molecule has 10 heteroatoms. The lowest BCUT2D eigenvalue weighted by Crippen LogP contribution is -2.34. The van der Waals surface area contributed by atoms with Crippen LogP contribution >= 0.6 is 0 Å². The van der Waals surface area contributed by atoms with Crippen LogP contribution in [0, 0.1) is 5.92 Å². The first-order valence-electron chi connectivity index (χ1n) is 19.2. The molecule has 0 N–H and O–H groups in total. The SMILES string of the molecule is CCCCC(CC)C(=O)OCCOCCOCCOCCOCCOCCOCCOCCOC(c1ccccc1)(c1ccccc1)c1ccccc1. The molecule has 3 aromatic carbocycles. The maximum absolute atomic E-state index is 12.1. The zero-order valence-corrected chi connectivity index (χ0v) is 32.0. The van der Waals surface area contributed by atoms with Gasteiger partial charge in [0.25, 0.3) is 0 Å². The van der Waals surface area contributed by atoms with Gasteiger partial charge in [-0.15, -0.1) is 0 Å². The largest absolute Gasteiger partial charge is 0.463 e. The number of hydrogen-bond acceptors (Lipinski definition) is 10. The summed E-state index contributed by atoms with van der Waals surface area (Å²) in [5.41, 5.74) is 2.44. The summed E-state index contributed by atoms with van der Waals surface area (Å²) in [4.78, 5) is 12.1. The molecule has 0 saturated heterocycles. The molecule has 3 rings (SSSR count). The van der Waals surface area contributed by atoms with E-state index in [1.807, 2.05) is 61.5 Å². The van der Waals surface area contributed by atoms with Gasteiger partial charge >= 0.3 is 5.97 Å². The molecule has 0 fully saturated rings. The van der Waals surface area contributed by atoms with E-state index < -0.39 is 5.60 Å². The van der Waals surface area contributed by atoms with Gasteiger partial charge in [0.15, 0.2) is 0 Å². The highest BCUT2D eigenvalue weighted by molar-refractivity contribution is 5.72. The fraction of sp³-hybridized carbons (Fsp3) is 0.558. The third-order valence-corrected chi connectivity index (χ3v) is 8.52. The van der Waals surface area contributed by atoms with Crippen molar-refractivity contribution in [1.82, 2.24) is 0 Å². The Bertz CT molecular complexity index is 1180. The summed E-state index contributed by atoms with van der Waals surface area (Å²) in [5.74, 6) is -0.126. The molecular weight excluding hydrogens is 676 g/mol. The van der Waals surface area contributed by atoms with Crippen molar-refractivity contribution in [2.24, 2.45) is 5.92 Å². The standard InChI is InChI=1S/C43H62O10/c1-3-5-15-38(4-2)42(44)52-36-34-50-32-30-48-28-26-46-24-22-45-23-25-47-27-29-49-31-33-51-35-37-53-43(39-16-9-6-10-17-39,40-18-11-7-12-19-40)41-20-13-8-14-21-41/h6-14,16-21,38H,3-5,15,22-37H2,1-2H3. The number of benzene rings is 3. The summed E-state index contributed by atoms with van der Waals surface area (Å²) in [6.07, 6.45) is 3.83. The zero-order chi connectivity index (χ0) is 37.5. The van der Waals surface area contributed by atoms with Crippen molar-refractivity contribution in [3.8, 4) is 0 Å². The summed E-state index contributed by atoms with van der Waals surface area (Å²) in [7, 11) is 0. The molecule has 1 atom stereocenters. The van der Waals surface area contributed by atoms with Gasteiger partial charge < -0.3 is 42.6 Å². The number of ether oxygens (including phenoxy) is 9. The average molecular weight is 739 g/mol. The predicted octanol–water partition coefficient (Wildman–Crippen LogP) is 6.87. The van der Waals surface area contributed by atoms with Crippen LogP contribution in [0.1, 0.15) is 56.2 Å². The number of unbranched alkanes of at least 4 members (excludes halogenated alkanes) is 1. The number of hydrogen-bond donors (Lipinski definition) is 0. The van der Waals surface area contributed by atoms with Gasteiger partial charge in [0.05, 0.1) is 105 Å². The Kier molecular flexibility index (Phi) is 24.4. The lowest BCUT2D eigenvalue weighted by atomic mass is 9.80. The lowest BCUT2D eigenvalue weighted by Gasteiger charge is -2.36. The molecule has 0 aliphatic rings. The minimum atomic E-state index is -0.753. The van der Waals surface area contributed by atoms with Gasteiger partial charge in [-0.3, -0.25) is 4.79 Å². The molecular formula is C43H62O10. The van der Waals surface area contributed by atoms with Crippen molar-refractivity contribution >= 4 is 5.97 Å². The predicted molar refractivity (Wildman–Crippen MR) is 205 cm³/mol. The Balaban J connectivity index is 1.11. The van der Waals surface area contributed by atoms with Crippen molar-refractivity contribution in [3.63, 3.8) is 0 Å². The second-order valence-corrected chi connectivity index (χ2v) is 12.3. The summed E-state index contributed by atoms with van der Waals surface area (Å²) in [6.45, 7) is 11.4. The Morgan fingerprint density at radius 1 is 0.472 bits per heavy atom. The molecule has 0 aliphatic heterocycles. The number of rotatable bonds is 33.